The Kier molecular flexibility index (Phi) is 7.72. The third kappa shape index (κ3) is 5.72. The van der Waals surface area contributed by atoms with Gasteiger partial charge in [0.05, 0.1) is 17.0 Å². The van der Waals surface area contributed by atoms with E-state index in [9.17, 15) is 4.39 Å². The van der Waals surface area contributed by atoms with E-state index in [0.29, 0.717) is 23.3 Å². The zero-order valence-corrected chi connectivity index (χ0v) is 21.6. The Labute approximate surface area is 217 Å². The lowest BCUT2D eigenvalue weighted by atomic mass is 9.86. The number of aromatic nitrogens is 2. The van der Waals surface area contributed by atoms with Crippen LogP contribution in [0.15, 0.2) is 48.8 Å². The number of nitrogens with zero attached hydrogens (tertiary/aromatic N) is 2. The van der Waals surface area contributed by atoms with Crippen molar-refractivity contribution in [2.45, 2.75) is 32.3 Å². The molecular formula is C26H25ClFN3O2S2. The minimum Gasteiger partial charge on any atom is -0.487 e. The van der Waals surface area contributed by atoms with Gasteiger partial charge < -0.3 is 14.2 Å². The summed E-state index contributed by atoms with van der Waals surface area (Å²) in [5.41, 5.74) is 3.06. The van der Waals surface area contributed by atoms with Crippen LogP contribution in [0.4, 0.5) is 15.9 Å². The van der Waals surface area contributed by atoms with Gasteiger partial charge in [0.2, 0.25) is 0 Å². The van der Waals surface area contributed by atoms with E-state index in [1.165, 1.54) is 34.6 Å². The smallest absolute Gasteiger partial charge is 0.142 e. The molecule has 0 saturated carbocycles. The SMILES string of the molecule is CSOCCC1CCc2c(sc3ncnc(Nc4ccc(OCc5ccc(F)cc5)c(Cl)c4)c23)C1. The molecule has 2 heterocycles. The first kappa shape index (κ1) is 24.3. The lowest BCUT2D eigenvalue weighted by Crippen LogP contribution is -2.14. The lowest BCUT2D eigenvalue weighted by molar-refractivity contribution is 0.304. The maximum absolute atomic E-state index is 13.1. The van der Waals surface area contributed by atoms with Gasteiger partial charge in [-0.1, -0.05) is 23.7 Å². The minimum atomic E-state index is -0.270. The molecule has 182 valence electrons. The number of benzene rings is 2. The minimum absolute atomic E-state index is 0.270. The molecule has 0 aliphatic heterocycles. The number of thiophene rings is 1. The lowest BCUT2D eigenvalue weighted by Gasteiger charge is -2.22. The molecule has 2 aromatic heterocycles. The Morgan fingerprint density at radius 1 is 1.20 bits per heavy atom. The summed E-state index contributed by atoms with van der Waals surface area (Å²) in [6.45, 7) is 1.10. The number of anilines is 2. The van der Waals surface area contributed by atoms with Gasteiger partial charge in [0.15, 0.2) is 0 Å². The predicted octanol–water partition coefficient (Wildman–Crippen LogP) is 7.60. The Hall–Kier alpha value is -2.39. The maximum Gasteiger partial charge on any atom is 0.142 e. The summed E-state index contributed by atoms with van der Waals surface area (Å²) in [5, 5.41) is 5.04. The summed E-state index contributed by atoms with van der Waals surface area (Å²) in [5.74, 6) is 1.74. The van der Waals surface area contributed by atoms with Crippen molar-refractivity contribution in [3.63, 3.8) is 0 Å². The molecule has 0 bridgehead atoms. The number of fused-ring (bicyclic) bond motifs is 3. The fourth-order valence-electron chi connectivity index (χ4n) is 4.39. The molecule has 0 fully saturated rings. The predicted molar refractivity (Wildman–Crippen MR) is 142 cm³/mol. The molecule has 5 nitrogen and oxygen atoms in total. The van der Waals surface area contributed by atoms with Crippen LogP contribution in [0.25, 0.3) is 10.2 Å². The van der Waals surface area contributed by atoms with E-state index in [2.05, 4.69) is 15.3 Å². The van der Waals surface area contributed by atoms with Gasteiger partial charge in [-0.3, -0.25) is 0 Å². The third-order valence-electron chi connectivity index (χ3n) is 6.18. The van der Waals surface area contributed by atoms with Gasteiger partial charge >= 0.3 is 0 Å². The van der Waals surface area contributed by atoms with E-state index in [-0.39, 0.29) is 5.82 Å². The van der Waals surface area contributed by atoms with Crippen LogP contribution in [0.3, 0.4) is 0 Å². The maximum atomic E-state index is 13.1. The first-order valence-electron chi connectivity index (χ1n) is 11.5. The number of halogens is 2. The molecule has 1 N–H and O–H groups in total. The first-order valence-corrected chi connectivity index (χ1v) is 13.8. The summed E-state index contributed by atoms with van der Waals surface area (Å²) in [6.07, 6.45) is 7.89. The van der Waals surface area contributed by atoms with Crippen LogP contribution in [-0.4, -0.2) is 22.8 Å². The quantitative estimate of drug-likeness (QED) is 0.178. The van der Waals surface area contributed by atoms with E-state index in [1.807, 2.05) is 24.5 Å². The standard InChI is InChI=1S/C26H25ClFN3O2S2/c1-34-33-11-10-16-4-8-20-23(12-16)35-26-24(20)25(29-15-30-26)31-19-7-9-22(21(27)13-19)32-14-17-2-5-18(28)6-3-17/h2-3,5-7,9,13,15-16H,4,8,10-12,14H2,1H3,(H,29,30,31). The zero-order valence-electron chi connectivity index (χ0n) is 19.2. The van der Waals surface area contributed by atoms with Crippen molar-refractivity contribution < 1.29 is 13.3 Å². The largest absolute Gasteiger partial charge is 0.487 e. The van der Waals surface area contributed by atoms with Crippen molar-refractivity contribution in [3.8, 4) is 5.75 Å². The monoisotopic (exact) mass is 529 g/mol. The molecule has 1 aliphatic rings. The van der Waals surface area contributed by atoms with Crippen molar-refractivity contribution >= 4 is 56.7 Å². The molecule has 0 saturated heterocycles. The van der Waals surface area contributed by atoms with Gasteiger partial charge in [-0.25, -0.2) is 14.4 Å². The molecule has 1 aliphatic carbocycles. The molecule has 2 aromatic carbocycles. The summed E-state index contributed by atoms with van der Waals surface area (Å²) >= 11 is 9.70. The van der Waals surface area contributed by atoms with Crippen LogP contribution in [-0.2, 0) is 23.6 Å². The van der Waals surface area contributed by atoms with E-state index < -0.39 is 0 Å². The second-order valence-corrected chi connectivity index (χ2v) is 10.5. The number of hydrogen-bond donors (Lipinski definition) is 1. The number of nitrogens with one attached hydrogen (secondary N) is 1. The van der Waals surface area contributed by atoms with Crippen molar-refractivity contribution in [1.29, 1.82) is 0 Å². The van der Waals surface area contributed by atoms with Crippen molar-refractivity contribution in [2.24, 2.45) is 5.92 Å². The molecule has 1 atom stereocenters. The van der Waals surface area contributed by atoms with Crippen LogP contribution in [0.5, 0.6) is 5.75 Å². The van der Waals surface area contributed by atoms with E-state index in [4.69, 9.17) is 20.5 Å². The number of ether oxygens (including phenoxy) is 1. The number of hydrogen-bond acceptors (Lipinski definition) is 7. The Bertz CT molecular complexity index is 1320. The number of aryl methyl sites for hydroxylation is 1. The second kappa shape index (κ2) is 11.1. The summed E-state index contributed by atoms with van der Waals surface area (Å²) < 4.78 is 24.4. The topological polar surface area (TPSA) is 56.3 Å². The van der Waals surface area contributed by atoms with E-state index >= 15 is 0 Å². The van der Waals surface area contributed by atoms with Crippen LogP contribution in [0.1, 0.15) is 28.8 Å². The Morgan fingerprint density at radius 2 is 2.06 bits per heavy atom. The molecule has 0 amide bonds. The Balaban J connectivity index is 1.30. The van der Waals surface area contributed by atoms with Gasteiger partial charge in [0, 0.05) is 16.8 Å². The van der Waals surface area contributed by atoms with Gasteiger partial charge in [-0.05, 0) is 85.1 Å². The van der Waals surface area contributed by atoms with E-state index in [0.717, 1.165) is 59.6 Å². The van der Waals surface area contributed by atoms with Crippen molar-refractivity contribution in [2.75, 3.05) is 18.2 Å². The molecule has 35 heavy (non-hydrogen) atoms. The average Bonchev–Trinajstić information content (AvgIpc) is 3.23. The molecule has 0 spiro atoms. The highest BCUT2D eigenvalue weighted by molar-refractivity contribution is 7.93. The zero-order chi connectivity index (χ0) is 24.2. The van der Waals surface area contributed by atoms with Crippen LogP contribution >= 0.6 is 35.0 Å². The molecule has 9 heteroatoms. The molecule has 5 rings (SSSR count). The van der Waals surface area contributed by atoms with E-state index in [1.54, 1.807) is 29.8 Å². The van der Waals surface area contributed by atoms with Crippen LogP contribution < -0.4 is 10.1 Å². The molecule has 0 radical (unpaired) electrons. The normalized spacial score (nSPS) is 15.2. The van der Waals surface area contributed by atoms with Gasteiger partial charge in [-0.2, -0.15) is 0 Å². The highest BCUT2D eigenvalue weighted by Gasteiger charge is 2.25. The highest BCUT2D eigenvalue weighted by Crippen LogP contribution is 2.41. The molecule has 1 unspecified atom stereocenters. The van der Waals surface area contributed by atoms with Gasteiger partial charge in [0.1, 0.15) is 35.1 Å². The number of rotatable bonds is 9. The first-order chi connectivity index (χ1) is 17.1. The highest BCUT2D eigenvalue weighted by atomic mass is 35.5. The fraction of sp³-hybridized carbons (Fsp3) is 0.308. The van der Waals surface area contributed by atoms with Gasteiger partial charge in [0.25, 0.3) is 0 Å². The summed E-state index contributed by atoms with van der Waals surface area (Å²) in [6, 6.07) is 11.8. The molecule has 4 aromatic rings. The molecular weight excluding hydrogens is 505 g/mol. The third-order valence-corrected chi connectivity index (χ3v) is 8.04. The second-order valence-electron chi connectivity index (χ2n) is 8.48. The van der Waals surface area contributed by atoms with Crippen LogP contribution in [0.2, 0.25) is 5.02 Å². The summed E-state index contributed by atoms with van der Waals surface area (Å²) in [4.78, 5) is 11.5. The average molecular weight is 530 g/mol. The summed E-state index contributed by atoms with van der Waals surface area (Å²) in [7, 11) is 0. The van der Waals surface area contributed by atoms with Crippen LogP contribution in [0, 0.1) is 11.7 Å². The Morgan fingerprint density at radius 3 is 2.86 bits per heavy atom. The fourth-order valence-corrected chi connectivity index (χ4v) is 6.19. The van der Waals surface area contributed by atoms with Crippen molar-refractivity contribution in [3.05, 3.63) is 75.6 Å². The van der Waals surface area contributed by atoms with Gasteiger partial charge in [-0.15, -0.1) is 11.3 Å². The van der Waals surface area contributed by atoms with Crippen molar-refractivity contribution in [1.82, 2.24) is 9.97 Å².